The van der Waals surface area contributed by atoms with Crippen LogP contribution in [0.25, 0.3) is 0 Å². The quantitative estimate of drug-likeness (QED) is 0.748. The van der Waals surface area contributed by atoms with Crippen LogP contribution in [0.5, 0.6) is 0 Å². The Kier molecular flexibility index (Phi) is 2.97. The molecule has 0 unspecified atom stereocenters. The number of halogens is 1. The highest BCUT2D eigenvalue weighted by atomic mass is 35.5. The van der Waals surface area contributed by atoms with Gasteiger partial charge in [0.25, 0.3) is 0 Å². The van der Waals surface area contributed by atoms with Crippen molar-refractivity contribution in [1.29, 1.82) is 0 Å². The Balaban J connectivity index is 2.44. The molecule has 0 atom stereocenters. The molecule has 0 spiro atoms. The van der Waals surface area contributed by atoms with Gasteiger partial charge in [0.05, 0.1) is 5.02 Å². The van der Waals surface area contributed by atoms with Crippen LogP contribution in [0, 0.1) is 6.92 Å². The standard InChI is InChI=1S/C12H9ClN2O/c1-8-14-7-6-11(15-8)12(16)9-4-2-3-5-10(9)13/h2-7H,1H3. The first-order valence-corrected chi connectivity index (χ1v) is 5.15. The van der Waals surface area contributed by atoms with Gasteiger partial charge in [0.15, 0.2) is 0 Å². The van der Waals surface area contributed by atoms with Crippen molar-refractivity contribution in [2.45, 2.75) is 6.92 Å². The summed E-state index contributed by atoms with van der Waals surface area (Å²) in [4.78, 5) is 20.1. The van der Waals surface area contributed by atoms with Crippen LogP contribution >= 0.6 is 11.6 Å². The number of aromatic nitrogens is 2. The minimum absolute atomic E-state index is 0.184. The zero-order chi connectivity index (χ0) is 11.5. The Morgan fingerprint density at radius 1 is 1.25 bits per heavy atom. The topological polar surface area (TPSA) is 42.9 Å². The molecule has 16 heavy (non-hydrogen) atoms. The summed E-state index contributed by atoms with van der Waals surface area (Å²) in [6.45, 7) is 1.74. The van der Waals surface area contributed by atoms with E-state index in [0.717, 1.165) is 0 Å². The molecule has 0 amide bonds. The average molecular weight is 233 g/mol. The highest BCUT2D eigenvalue weighted by Gasteiger charge is 2.13. The molecule has 2 aromatic rings. The third kappa shape index (κ3) is 2.09. The van der Waals surface area contributed by atoms with E-state index in [4.69, 9.17) is 11.6 Å². The Labute approximate surface area is 98.1 Å². The van der Waals surface area contributed by atoms with Crippen LogP contribution in [0.2, 0.25) is 5.02 Å². The molecule has 0 N–H and O–H groups in total. The van der Waals surface area contributed by atoms with E-state index in [1.807, 2.05) is 0 Å². The van der Waals surface area contributed by atoms with Gasteiger partial charge in [0.2, 0.25) is 5.78 Å². The Hall–Kier alpha value is -1.74. The lowest BCUT2D eigenvalue weighted by Crippen LogP contribution is -2.06. The van der Waals surface area contributed by atoms with E-state index in [1.54, 1.807) is 43.5 Å². The minimum Gasteiger partial charge on any atom is -0.287 e. The van der Waals surface area contributed by atoms with E-state index in [-0.39, 0.29) is 5.78 Å². The fraction of sp³-hybridized carbons (Fsp3) is 0.0833. The predicted octanol–water partition coefficient (Wildman–Crippen LogP) is 2.67. The van der Waals surface area contributed by atoms with Crippen molar-refractivity contribution in [3.05, 3.63) is 58.6 Å². The fourth-order valence-electron chi connectivity index (χ4n) is 1.37. The lowest BCUT2D eigenvalue weighted by atomic mass is 10.1. The molecule has 1 heterocycles. The smallest absolute Gasteiger partial charge is 0.212 e. The van der Waals surface area contributed by atoms with Crippen molar-refractivity contribution in [1.82, 2.24) is 9.97 Å². The molecule has 0 aliphatic heterocycles. The number of hydrogen-bond donors (Lipinski definition) is 0. The first-order chi connectivity index (χ1) is 7.68. The van der Waals surface area contributed by atoms with Crippen molar-refractivity contribution in [3.63, 3.8) is 0 Å². The number of ketones is 1. The number of hydrogen-bond acceptors (Lipinski definition) is 3. The van der Waals surface area contributed by atoms with Gasteiger partial charge in [0, 0.05) is 11.8 Å². The number of aryl methyl sites for hydroxylation is 1. The van der Waals surface area contributed by atoms with Crippen LogP contribution in [0.4, 0.5) is 0 Å². The monoisotopic (exact) mass is 232 g/mol. The number of benzene rings is 1. The third-order valence-corrected chi connectivity index (χ3v) is 2.46. The molecule has 0 saturated heterocycles. The Morgan fingerprint density at radius 2 is 2.00 bits per heavy atom. The Bertz CT molecular complexity index is 540. The first kappa shape index (κ1) is 10.8. The zero-order valence-electron chi connectivity index (χ0n) is 8.64. The molecule has 0 radical (unpaired) electrons. The lowest BCUT2D eigenvalue weighted by molar-refractivity contribution is 0.103. The zero-order valence-corrected chi connectivity index (χ0v) is 9.40. The van der Waals surface area contributed by atoms with Crippen molar-refractivity contribution in [2.75, 3.05) is 0 Å². The predicted molar refractivity (Wildman–Crippen MR) is 61.7 cm³/mol. The summed E-state index contributed by atoms with van der Waals surface area (Å²) in [5.74, 6) is 0.383. The van der Waals surface area contributed by atoms with Crippen LogP contribution in [0.1, 0.15) is 21.9 Å². The van der Waals surface area contributed by atoms with Crippen molar-refractivity contribution in [2.24, 2.45) is 0 Å². The number of rotatable bonds is 2. The van der Waals surface area contributed by atoms with E-state index in [9.17, 15) is 4.79 Å². The fourth-order valence-corrected chi connectivity index (χ4v) is 1.59. The van der Waals surface area contributed by atoms with Gasteiger partial charge < -0.3 is 0 Å². The second-order valence-corrected chi connectivity index (χ2v) is 3.71. The lowest BCUT2D eigenvalue weighted by Gasteiger charge is -2.02. The van der Waals surface area contributed by atoms with Gasteiger partial charge in [-0.2, -0.15) is 0 Å². The van der Waals surface area contributed by atoms with Gasteiger partial charge in [-0.15, -0.1) is 0 Å². The number of nitrogens with zero attached hydrogens (tertiary/aromatic N) is 2. The molecule has 0 aliphatic rings. The van der Waals surface area contributed by atoms with E-state index in [2.05, 4.69) is 9.97 Å². The van der Waals surface area contributed by atoms with Gasteiger partial charge in [-0.25, -0.2) is 9.97 Å². The van der Waals surface area contributed by atoms with Gasteiger partial charge in [0.1, 0.15) is 11.5 Å². The molecule has 3 nitrogen and oxygen atoms in total. The van der Waals surface area contributed by atoms with Gasteiger partial charge in [-0.3, -0.25) is 4.79 Å². The van der Waals surface area contributed by atoms with Crippen LogP contribution < -0.4 is 0 Å². The minimum atomic E-state index is -0.184. The van der Waals surface area contributed by atoms with E-state index in [1.165, 1.54) is 0 Å². The van der Waals surface area contributed by atoms with Crippen LogP contribution in [0.15, 0.2) is 36.5 Å². The molecule has 4 heteroatoms. The summed E-state index contributed by atoms with van der Waals surface area (Å²) in [7, 11) is 0. The van der Waals surface area contributed by atoms with Gasteiger partial charge in [-0.05, 0) is 25.1 Å². The van der Waals surface area contributed by atoms with E-state index < -0.39 is 0 Å². The summed E-state index contributed by atoms with van der Waals surface area (Å²) in [6, 6.07) is 8.50. The van der Waals surface area contributed by atoms with Crippen LogP contribution in [0.3, 0.4) is 0 Å². The summed E-state index contributed by atoms with van der Waals surface area (Å²) in [5, 5.41) is 0.434. The molecule has 0 saturated carbocycles. The molecule has 0 fully saturated rings. The third-order valence-electron chi connectivity index (χ3n) is 2.13. The number of carbonyl (C=O) groups is 1. The molecule has 0 bridgehead atoms. The van der Waals surface area contributed by atoms with Crippen LogP contribution in [-0.2, 0) is 0 Å². The second kappa shape index (κ2) is 4.41. The SMILES string of the molecule is Cc1nccc(C(=O)c2ccccc2Cl)n1. The van der Waals surface area contributed by atoms with Crippen molar-refractivity contribution in [3.8, 4) is 0 Å². The normalized spacial score (nSPS) is 10.1. The molecule has 80 valence electrons. The van der Waals surface area contributed by atoms with E-state index >= 15 is 0 Å². The molecule has 1 aromatic heterocycles. The summed E-state index contributed by atoms with van der Waals surface area (Å²) < 4.78 is 0. The maximum Gasteiger partial charge on any atom is 0.212 e. The Morgan fingerprint density at radius 3 is 2.69 bits per heavy atom. The summed E-state index contributed by atoms with van der Waals surface area (Å²) in [5.41, 5.74) is 0.822. The molecule has 2 rings (SSSR count). The maximum absolute atomic E-state index is 12.0. The summed E-state index contributed by atoms with van der Waals surface area (Å²) in [6.07, 6.45) is 1.56. The number of carbonyl (C=O) groups excluding carboxylic acids is 1. The maximum atomic E-state index is 12.0. The van der Waals surface area contributed by atoms with Crippen LogP contribution in [-0.4, -0.2) is 15.8 Å². The van der Waals surface area contributed by atoms with Crippen molar-refractivity contribution < 1.29 is 4.79 Å². The largest absolute Gasteiger partial charge is 0.287 e. The first-order valence-electron chi connectivity index (χ1n) is 4.77. The van der Waals surface area contributed by atoms with Gasteiger partial charge in [-0.1, -0.05) is 23.7 Å². The molecule has 1 aromatic carbocycles. The van der Waals surface area contributed by atoms with Gasteiger partial charge >= 0.3 is 0 Å². The highest BCUT2D eigenvalue weighted by molar-refractivity contribution is 6.34. The molecule has 0 aliphatic carbocycles. The van der Waals surface area contributed by atoms with E-state index in [0.29, 0.717) is 22.1 Å². The molecular weight excluding hydrogens is 224 g/mol. The summed E-state index contributed by atoms with van der Waals surface area (Å²) >= 11 is 5.94. The highest BCUT2D eigenvalue weighted by Crippen LogP contribution is 2.17. The van der Waals surface area contributed by atoms with Crippen molar-refractivity contribution >= 4 is 17.4 Å². The average Bonchev–Trinajstić information content (AvgIpc) is 2.29. The molecular formula is C12H9ClN2O. The second-order valence-electron chi connectivity index (χ2n) is 3.30.